The lowest BCUT2D eigenvalue weighted by Crippen LogP contribution is -2.38. The molecule has 118 valence electrons. The molecule has 1 aromatic heterocycles. The van der Waals surface area contributed by atoms with E-state index in [4.69, 9.17) is 16.3 Å². The maximum absolute atomic E-state index is 12.2. The summed E-state index contributed by atoms with van der Waals surface area (Å²) < 4.78 is 5.42. The average Bonchev–Trinajstić information content (AvgIpc) is 2.34. The predicted molar refractivity (Wildman–Crippen MR) is 84.7 cm³/mol. The molecule has 0 bridgehead atoms. The number of nitrogens with zero attached hydrogens (tertiary/aromatic N) is 2. The zero-order valence-corrected chi connectivity index (χ0v) is 14.1. The van der Waals surface area contributed by atoms with Crippen molar-refractivity contribution in [2.24, 2.45) is 5.41 Å². The molecule has 0 aromatic carbocycles. The van der Waals surface area contributed by atoms with Gasteiger partial charge >= 0.3 is 5.97 Å². The van der Waals surface area contributed by atoms with E-state index < -0.39 is 11.0 Å². The monoisotopic (exact) mass is 314 g/mol. The number of nitrogens with one attached hydrogen (secondary N) is 2. The van der Waals surface area contributed by atoms with Crippen LogP contribution < -0.4 is 10.6 Å². The Morgan fingerprint density at radius 1 is 1.29 bits per heavy atom. The van der Waals surface area contributed by atoms with Crippen LogP contribution in [0.25, 0.3) is 0 Å². The van der Waals surface area contributed by atoms with Crippen molar-refractivity contribution < 1.29 is 9.53 Å². The molecular weight excluding hydrogens is 292 g/mol. The second kappa shape index (κ2) is 6.47. The lowest BCUT2D eigenvalue weighted by atomic mass is 9.93. The van der Waals surface area contributed by atoms with Gasteiger partial charge in [0.2, 0.25) is 0 Å². The normalized spacial score (nSPS) is 12.0. The first-order chi connectivity index (χ1) is 9.57. The van der Waals surface area contributed by atoms with Gasteiger partial charge in [-0.25, -0.2) is 9.97 Å². The summed E-state index contributed by atoms with van der Waals surface area (Å²) in [4.78, 5) is 20.2. The number of aromatic nitrogens is 2. The maximum atomic E-state index is 12.2. The van der Waals surface area contributed by atoms with Gasteiger partial charge in [0, 0.05) is 13.6 Å². The summed E-state index contributed by atoms with van der Waals surface area (Å²) >= 11 is 5.98. The Balaban J connectivity index is 2.78. The van der Waals surface area contributed by atoms with Crippen molar-refractivity contribution in [1.82, 2.24) is 9.97 Å². The highest BCUT2D eigenvalue weighted by molar-refractivity contribution is 6.32. The van der Waals surface area contributed by atoms with Crippen LogP contribution in [0.5, 0.6) is 0 Å². The van der Waals surface area contributed by atoms with E-state index in [0.29, 0.717) is 23.2 Å². The fourth-order valence-electron chi connectivity index (χ4n) is 1.51. The molecule has 6 nitrogen and oxygen atoms in total. The third-order valence-electron chi connectivity index (χ3n) is 2.70. The lowest BCUT2D eigenvalue weighted by Gasteiger charge is -2.29. The molecule has 1 heterocycles. The van der Waals surface area contributed by atoms with Crippen LogP contribution in [0.15, 0.2) is 6.33 Å². The Hall–Kier alpha value is -1.56. The van der Waals surface area contributed by atoms with E-state index in [1.165, 1.54) is 6.33 Å². The van der Waals surface area contributed by atoms with Crippen LogP contribution in [0, 0.1) is 5.41 Å². The number of carbonyl (C=O) groups excluding carboxylic acids is 1. The van der Waals surface area contributed by atoms with Crippen molar-refractivity contribution in [3.63, 3.8) is 0 Å². The molecular formula is C14H23ClN4O2. The molecule has 0 radical (unpaired) electrons. The Morgan fingerprint density at radius 3 is 2.43 bits per heavy atom. The molecule has 0 saturated carbocycles. The van der Waals surface area contributed by atoms with E-state index in [9.17, 15) is 4.79 Å². The van der Waals surface area contributed by atoms with E-state index in [1.807, 2.05) is 34.6 Å². The van der Waals surface area contributed by atoms with Gasteiger partial charge in [-0.1, -0.05) is 11.6 Å². The van der Waals surface area contributed by atoms with Crippen LogP contribution in [-0.2, 0) is 9.53 Å². The van der Waals surface area contributed by atoms with E-state index in [2.05, 4.69) is 20.6 Å². The van der Waals surface area contributed by atoms with E-state index in [-0.39, 0.29) is 5.97 Å². The minimum Gasteiger partial charge on any atom is -0.460 e. The highest BCUT2D eigenvalue weighted by Crippen LogP contribution is 2.27. The molecule has 0 atom stereocenters. The number of anilines is 2. The second-order valence-electron chi connectivity index (χ2n) is 6.38. The summed E-state index contributed by atoms with van der Waals surface area (Å²) in [6.45, 7) is 9.53. The summed E-state index contributed by atoms with van der Waals surface area (Å²) in [5.41, 5.74) is -0.613. The highest BCUT2D eigenvalue weighted by atomic mass is 35.5. The van der Waals surface area contributed by atoms with Gasteiger partial charge in [-0.3, -0.25) is 4.79 Å². The molecule has 0 aliphatic rings. The quantitative estimate of drug-likeness (QED) is 0.643. The summed E-state index contributed by atoms with van der Waals surface area (Å²) in [5, 5.41) is 6.37. The molecule has 1 aromatic rings. The topological polar surface area (TPSA) is 76.1 Å². The zero-order chi connectivity index (χ0) is 16.3. The first-order valence-corrected chi connectivity index (χ1v) is 7.10. The van der Waals surface area contributed by atoms with E-state index >= 15 is 0 Å². The standard InChI is InChI=1S/C14H23ClN4O2/c1-13(2,3)21-12(20)14(4,5)7-17-11-9(16-6)10(15)18-8-19-11/h8,16H,7H2,1-6H3,(H,17,18,19). The number of ether oxygens (including phenoxy) is 1. The number of hydrogen-bond donors (Lipinski definition) is 2. The van der Waals surface area contributed by atoms with Gasteiger partial charge in [0.25, 0.3) is 0 Å². The van der Waals surface area contributed by atoms with Crippen LogP contribution in [0.2, 0.25) is 5.15 Å². The van der Waals surface area contributed by atoms with Crippen molar-refractivity contribution >= 4 is 29.1 Å². The Kier molecular flexibility index (Phi) is 5.39. The Labute approximate surface area is 130 Å². The van der Waals surface area contributed by atoms with Crippen molar-refractivity contribution in [3.05, 3.63) is 11.5 Å². The predicted octanol–water partition coefficient (Wildman–Crippen LogP) is 2.95. The Morgan fingerprint density at radius 2 is 1.90 bits per heavy atom. The Bertz CT molecular complexity index is 512. The van der Waals surface area contributed by atoms with Gasteiger partial charge in [-0.15, -0.1) is 0 Å². The lowest BCUT2D eigenvalue weighted by molar-refractivity contribution is -0.164. The van der Waals surface area contributed by atoms with Gasteiger partial charge in [0.1, 0.15) is 17.6 Å². The molecule has 2 N–H and O–H groups in total. The van der Waals surface area contributed by atoms with Crippen molar-refractivity contribution in [2.45, 2.75) is 40.2 Å². The number of esters is 1. The largest absolute Gasteiger partial charge is 0.460 e. The number of halogens is 1. The number of carbonyl (C=O) groups is 1. The van der Waals surface area contributed by atoms with Crippen LogP contribution in [0.4, 0.5) is 11.5 Å². The van der Waals surface area contributed by atoms with E-state index in [1.54, 1.807) is 7.05 Å². The smallest absolute Gasteiger partial charge is 0.313 e. The van der Waals surface area contributed by atoms with Crippen LogP contribution in [0.1, 0.15) is 34.6 Å². The molecule has 0 spiro atoms. The van der Waals surface area contributed by atoms with Crippen LogP contribution >= 0.6 is 11.6 Å². The highest BCUT2D eigenvalue weighted by Gasteiger charge is 2.32. The third kappa shape index (κ3) is 5.04. The average molecular weight is 315 g/mol. The molecule has 0 amide bonds. The summed E-state index contributed by atoms with van der Waals surface area (Å²) in [5.74, 6) is 0.280. The minimum absolute atomic E-state index is 0.270. The van der Waals surface area contributed by atoms with Crippen LogP contribution in [0.3, 0.4) is 0 Å². The van der Waals surface area contributed by atoms with Gasteiger partial charge in [-0.2, -0.15) is 0 Å². The minimum atomic E-state index is -0.699. The number of rotatable bonds is 5. The van der Waals surface area contributed by atoms with Gasteiger partial charge in [-0.05, 0) is 34.6 Å². The molecule has 0 aliphatic heterocycles. The summed E-state index contributed by atoms with van der Waals surface area (Å²) in [7, 11) is 1.73. The fourth-order valence-corrected chi connectivity index (χ4v) is 1.74. The van der Waals surface area contributed by atoms with Crippen molar-refractivity contribution in [1.29, 1.82) is 0 Å². The fraction of sp³-hybridized carbons (Fsp3) is 0.643. The first kappa shape index (κ1) is 17.5. The SMILES string of the molecule is CNc1c(Cl)ncnc1NCC(C)(C)C(=O)OC(C)(C)C. The molecule has 0 fully saturated rings. The van der Waals surface area contributed by atoms with Gasteiger partial charge in [0.15, 0.2) is 11.0 Å². The third-order valence-corrected chi connectivity index (χ3v) is 2.99. The molecule has 21 heavy (non-hydrogen) atoms. The number of hydrogen-bond acceptors (Lipinski definition) is 6. The summed E-state index contributed by atoms with van der Waals surface area (Å²) in [6.07, 6.45) is 1.37. The van der Waals surface area contributed by atoms with Crippen LogP contribution in [-0.4, -0.2) is 35.1 Å². The second-order valence-corrected chi connectivity index (χ2v) is 6.74. The molecule has 1 rings (SSSR count). The summed E-state index contributed by atoms with van der Waals surface area (Å²) in [6, 6.07) is 0. The van der Waals surface area contributed by atoms with E-state index in [0.717, 1.165) is 0 Å². The van der Waals surface area contributed by atoms with Gasteiger partial charge in [0.05, 0.1) is 5.41 Å². The molecule has 0 aliphatic carbocycles. The van der Waals surface area contributed by atoms with Crippen molar-refractivity contribution in [3.8, 4) is 0 Å². The maximum Gasteiger partial charge on any atom is 0.313 e. The molecule has 0 saturated heterocycles. The van der Waals surface area contributed by atoms with Crippen molar-refractivity contribution in [2.75, 3.05) is 24.2 Å². The zero-order valence-electron chi connectivity index (χ0n) is 13.4. The van der Waals surface area contributed by atoms with Gasteiger partial charge < -0.3 is 15.4 Å². The molecule has 0 unspecified atom stereocenters. The molecule has 7 heteroatoms. The first-order valence-electron chi connectivity index (χ1n) is 6.72.